The molecule has 0 N–H and O–H groups in total. The van der Waals surface area contributed by atoms with Gasteiger partial charge in [0.05, 0.1) is 18.7 Å². The predicted molar refractivity (Wildman–Crippen MR) is 103 cm³/mol. The molecule has 0 bridgehead atoms. The van der Waals surface area contributed by atoms with Crippen LogP contribution in [0.25, 0.3) is 11.4 Å². The van der Waals surface area contributed by atoms with Crippen molar-refractivity contribution in [1.29, 1.82) is 5.26 Å². The van der Waals surface area contributed by atoms with E-state index in [0.29, 0.717) is 11.6 Å². The largest absolute Gasteiger partial charge is 0.496 e. The fourth-order valence-electron chi connectivity index (χ4n) is 2.66. The molecular formula is C20H20N4OS. The summed E-state index contributed by atoms with van der Waals surface area (Å²) in [5.74, 6) is 1.47. The lowest BCUT2D eigenvalue weighted by molar-refractivity contribution is 0.416. The second-order valence-corrected chi connectivity index (χ2v) is 7.16. The van der Waals surface area contributed by atoms with E-state index < -0.39 is 0 Å². The smallest absolute Gasteiger partial charge is 0.192 e. The molecule has 132 valence electrons. The van der Waals surface area contributed by atoms with Gasteiger partial charge in [0.2, 0.25) is 0 Å². The zero-order valence-electron chi connectivity index (χ0n) is 15.0. The molecule has 5 nitrogen and oxygen atoms in total. The number of nitrogens with zero attached hydrogens (tertiary/aromatic N) is 4. The molecule has 3 aromatic rings. The summed E-state index contributed by atoms with van der Waals surface area (Å²) in [4.78, 5) is 0. The first-order valence-electron chi connectivity index (χ1n) is 8.27. The van der Waals surface area contributed by atoms with E-state index in [9.17, 15) is 5.26 Å². The molecule has 0 aliphatic carbocycles. The molecule has 1 aromatic heterocycles. The van der Waals surface area contributed by atoms with Gasteiger partial charge in [-0.1, -0.05) is 53.7 Å². The maximum atomic E-state index is 9.55. The lowest BCUT2D eigenvalue weighted by Gasteiger charge is -2.10. The fraction of sp³-hybridized carbons (Fsp3) is 0.250. The van der Waals surface area contributed by atoms with Gasteiger partial charge in [-0.25, -0.2) is 0 Å². The van der Waals surface area contributed by atoms with Gasteiger partial charge in [0.25, 0.3) is 0 Å². The van der Waals surface area contributed by atoms with Crippen LogP contribution in [0.2, 0.25) is 0 Å². The molecular weight excluding hydrogens is 344 g/mol. The maximum Gasteiger partial charge on any atom is 0.192 e. The van der Waals surface area contributed by atoms with Crippen LogP contribution in [0.5, 0.6) is 5.75 Å². The minimum atomic E-state index is -0.230. The summed E-state index contributed by atoms with van der Waals surface area (Å²) in [6.07, 6.45) is 0.665. The van der Waals surface area contributed by atoms with E-state index in [1.54, 1.807) is 7.11 Å². The topological polar surface area (TPSA) is 63.7 Å². The van der Waals surface area contributed by atoms with Gasteiger partial charge in [-0.2, -0.15) is 5.26 Å². The van der Waals surface area contributed by atoms with Crippen molar-refractivity contribution in [1.82, 2.24) is 14.8 Å². The molecule has 6 heteroatoms. The predicted octanol–water partition coefficient (Wildman–Crippen LogP) is 4.03. The third-order valence-corrected chi connectivity index (χ3v) is 5.24. The van der Waals surface area contributed by atoms with Gasteiger partial charge in [-0.05, 0) is 31.0 Å². The molecule has 3 rings (SSSR count). The van der Waals surface area contributed by atoms with Crippen LogP contribution >= 0.6 is 11.8 Å². The van der Waals surface area contributed by atoms with Crippen LogP contribution in [-0.2, 0) is 13.5 Å². The summed E-state index contributed by atoms with van der Waals surface area (Å²) in [6.45, 7) is 2.05. The first-order chi connectivity index (χ1) is 12.6. The molecule has 1 atom stereocenters. The average Bonchev–Trinajstić information content (AvgIpc) is 3.03. The van der Waals surface area contributed by atoms with Gasteiger partial charge in [0, 0.05) is 7.05 Å². The van der Waals surface area contributed by atoms with Gasteiger partial charge < -0.3 is 9.30 Å². The summed E-state index contributed by atoms with van der Waals surface area (Å²) < 4.78 is 7.32. The van der Waals surface area contributed by atoms with Gasteiger partial charge in [0.15, 0.2) is 11.0 Å². The fourth-order valence-corrected chi connectivity index (χ4v) is 3.58. The highest BCUT2D eigenvalue weighted by Crippen LogP contribution is 2.31. The van der Waals surface area contributed by atoms with E-state index >= 15 is 0 Å². The molecule has 0 fully saturated rings. The molecule has 0 spiro atoms. The van der Waals surface area contributed by atoms with Crippen LogP contribution in [0.1, 0.15) is 11.1 Å². The van der Waals surface area contributed by atoms with E-state index in [1.807, 2.05) is 35.9 Å². The molecule has 2 aromatic carbocycles. The molecule has 0 aliphatic heterocycles. The molecule has 0 amide bonds. The number of benzene rings is 2. The van der Waals surface area contributed by atoms with Gasteiger partial charge in [-0.3, -0.25) is 0 Å². The van der Waals surface area contributed by atoms with Crippen molar-refractivity contribution in [2.45, 2.75) is 23.8 Å². The number of rotatable bonds is 6. The van der Waals surface area contributed by atoms with Crippen LogP contribution in [0.4, 0.5) is 0 Å². The molecule has 0 radical (unpaired) electrons. The van der Waals surface area contributed by atoms with Gasteiger partial charge in [-0.15, -0.1) is 10.2 Å². The van der Waals surface area contributed by atoms with Crippen molar-refractivity contribution in [3.63, 3.8) is 0 Å². The molecule has 26 heavy (non-hydrogen) atoms. The quantitative estimate of drug-likeness (QED) is 0.618. The van der Waals surface area contributed by atoms with Crippen molar-refractivity contribution in [2.24, 2.45) is 7.05 Å². The van der Waals surface area contributed by atoms with Gasteiger partial charge in [0.1, 0.15) is 11.0 Å². The Hall–Kier alpha value is -2.78. The van der Waals surface area contributed by atoms with Crippen LogP contribution in [0.3, 0.4) is 0 Å². The average molecular weight is 364 g/mol. The monoisotopic (exact) mass is 364 g/mol. The van der Waals surface area contributed by atoms with Crippen molar-refractivity contribution >= 4 is 11.8 Å². The number of hydrogen-bond acceptors (Lipinski definition) is 5. The Labute approximate surface area is 157 Å². The molecule has 0 saturated carbocycles. The maximum absolute atomic E-state index is 9.55. The Morgan fingerprint density at radius 1 is 1.15 bits per heavy atom. The first-order valence-corrected chi connectivity index (χ1v) is 9.15. The first kappa shape index (κ1) is 18.0. The van der Waals surface area contributed by atoms with Crippen LogP contribution in [0.15, 0.2) is 53.7 Å². The summed E-state index contributed by atoms with van der Waals surface area (Å²) >= 11 is 1.43. The number of thioether (sulfide) groups is 1. The molecule has 0 aliphatic rings. The molecule has 1 heterocycles. The van der Waals surface area contributed by atoms with E-state index in [-0.39, 0.29) is 5.25 Å². The Bertz CT molecular complexity index is 928. The Morgan fingerprint density at radius 3 is 2.58 bits per heavy atom. The van der Waals surface area contributed by atoms with Gasteiger partial charge >= 0.3 is 0 Å². The SMILES string of the molecule is COc1ccccc1-c1nnc(S[C@H](C#N)Cc2ccc(C)cc2)n1C. The highest BCUT2D eigenvalue weighted by molar-refractivity contribution is 8.00. The second-order valence-electron chi connectivity index (χ2n) is 5.99. The van der Waals surface area contributed by atoms with E-state index in [2.05, 4.69) is 47.5 Å². The third kappa shape index (κ3) is 3.89. The lowest BCUT2D eigenvalue weighted by atomic mass is 10.1. The summed E-state index contributed by atoms with van der Waals surface area (Å²) in [7, 11) is 3.54. The summed E-state index contributed by atoms with van der Waals surface area (Å²) in [6, 6.07) is 18.3. The van der Waals surface area contributed by atoms with E-state index in [4.69, 9.17) is 4.74 Å². The van der Waals surface area contributed by atoms with Crippen molar-refractivity contribution in [2.75, 3.05) is 7.11 Å². The number of para-hydroxylation sites is 1. The number of hydrogen-bond donors (Lipinski definition) is 0. The van der Waals surface area contributed by atoms with Crippen molar-refractivity contribution < 1.29 is 4.74 Å². The molecule has 0 saturated heterocycles. The van der Waals surface area contributed by atoms with Crippen LogP contribution in [-0.4, -0.2) is 27.1 Å². The number of aryl methyl sites for hydroxylation is 1. The zero-order valence-corrected chi connectivity index (χ0v) is 15.8. The highest BCUT2D eigenvalue weighted by Gasteiger charge is 2.19. The summed E-state index contributed by atoms with van der Waals surface area (Å²) in [5.41, 5.74) is 3.23. The lowest BCUT2D eigenvalue weighted by Crippen LogP contribution is -2.06. The van der Waals surface area contributed by atoms with E-state index in [1.165, 1.54) is 17.3 Å². The Morgan fingerprint density at radius 2 is 1.88 bits per heavy atom. The normalized spacial score (nSPS) is 11.8. The van der Waals surface area contributed by atoms with Crippen molar-refractivity contribution in [3.05, 3.63) is 59.7 Å². The summed E-state index contributed by atoms with van der Waals surface area (Å²) in [5, 5.41) is 18.6. The standard InChI is InChI=1S/C20H20N4OS/c1-14-8-10-15(11-9-14)12-16(13-21)26-20-23-22-19(24(20)2)17-6-4-5-7-18(17)25-3/h4-11,16H,12H2,1-3H3/t16-/m0/s1. The van der Waals surface area contributed by atoms with Crippen LogP contribution in [0, 0.1) is 18.3 Å². The number of aromatic nitrogens is 3. The number of ether oxygens (including phenoxy) is 1. The zero-order chi connectivity index (χ0) is 18.5. The van der Waals surface area contributed by atoms with Crippen LogP contribution < -0.4 is 4.74 Å². The minimum Gasteiger partial charge on any atom is -0.496 e. The highest BCUT2D eigenvalue weighted by atomic mass is 32.2. The van der Waals surface area contributed by atoms with Crippen molar-refractivity contribution in [3.8, 4) is 23.2 Å². The second kappa shape index (κ2) is 8.07. The Balaban J connectivity index is 1.81. The molecule has 0 unspecified atom stereocenters. The van der Waals surface area contributed by atoms with E-state index in [0.717, 1.165) is 22.7 Å². The third-order valence-electron chi connectivity index (χ3n) is 4.12. The Kier molecular flexibility index (Phi) is 5.59. The number of nitriles is 1. The number of methoxy groups -OCH3 is 1. The minimum absolute atomic E-state index is 0.230.